The zero-order valence-corrected chi connectivity index (χ0v) is 16.7. The summed E-state index contributed by atoms with van der Waals surface area (Å²) in [6.07, 6.45) is 3.11. The number of rotatable bonds is 3. The molecule has 1 aromatic heterocycles. The van der Waals surface area contributed by atoms with Crippen molar-refractivity contribution < 1.29 is 9.59 Å². The fraction of sp³-hybridized carbons (Fsp3) is 0.571. The van der Waals surface area contributed by atoms with Crippen molar-refractivity contribution in [3.63, 3.8) is 0 Å². The summed E-state index contributed by atoms with van der Waals surface area (Å²) in [5.41, 5.74) is 2.97. The second-order valence-electron chi connectivity index (χ2n) is 8.89. The second-order valence-corrected chi connectivity index (χ2v) is 8.89. The van der Waals surface area contributed by atoms with Gasteiger partial charge in [0.05, 0.1) is 11.0 Å². The standard InChI is InChI=1S/C21H27N5O3/c1-24-17-10-14(11-25-9-7-21(13-25)6-8-22-12-21)2-3-15(17)26(20(24)29)16-4-5-18(27)23-19(16)28/h2-3,10,16,22H,4-9,11-13H2,1H3,(H,23,27,28)/t16?,21-/m1/s1. The summed E-state index contributed by atoms with van der Waals surface area (Å²) in [6.45, 7) is 5.33. The summed E-state index contributed by atoms with van der Waals surface area (Å²) >= 11 is 0. The fourth-order valence-corrected chi connectivity index (χ4v) is 5.30. The summed E-state index contributed by atoms with van der Waals surface area (Å²) < 4.78 is 3.14. The normalized spacial score (nSPS) is 28.0. The van der Waals surface area contributed by atoms with Gasteiger partial charge >= 0.3 is 5.69 Å². The van der Waals surface area contributed by atoms with Gasteiger partial charge in [0.15, 0.2) is 0 Å². The van der Waals surface area contributed by atoms with E-state index in [9.17, 15) is 14.4 Å². The molecule has 154 valence electrons. The molecule has 3 saturated heterocycles. The van der Waals surface area contributed by atoms with Gasteiger partial charge in [-0.2, -0.15) is 0 Å². The Kier molecular flexibility index (Phi) is 4.36. The molecule has 0 radical (unpaired) electrons. The van der Waals surface area contributed by atoms with Gasteiger partial charge in [-0.3, -0.25) is 28.9 Å². The van der Waals surface area contributed by atoms with Crippen LogP contribution in [0.5, 0.6) is 0 Å². The van der Waals surface area contributed by atoms with Gasteiger partial charge in [0.25, 0.3) is 0 Å². The maximum Gasteiger partial charge on any atom is 0.329 e. The molecular formula is C21H27N5O3. The van der Waals surface area contributed by atoms with Crippen LogP contribution in [-0.4, -0.2) is 52.0 Å². The number of hydrogen-bond acceptors (Lipinski definition) is 5. The lowest BCUT2D eigenvalue weighted by atomic mass is 9.86. The van der Waals surface area contributed by atoms with E-state index in [1.54, 1.807) is 11.6 Å². The third-order valence-electron chi connectivity index (χ3n) is 6.93. The fourth-order valence-electron chi connectivity index (χ4n) is 5.30. The van der Waals surface area contributed by atoms with Crippen molar-refractivity contribution in [3.05, 3.63) is 34.2 Å². The minimum Gasteiger partial charge on any atom is -0.316 e. The van der Waals surface area contributed by atoms with Crippen molar-refractivity contribution in [2.24, 2.45) is 12.5 Å². The molecule has 1 unspecified atom stereocenters. The average Bonchev–Trinajstić information content (AvgIpc) is 3.38. The summed E-state index contributed by atoms with van der Waals surface area (Å²) in [4.78, 5) is 39.2. The van der Waals surface area contributed by atoms with Crippen LogP contribution >= 0.6 is 0 Å². The topological polar surface area (TPSA) is 88.4 Å². The molecule has 2 amide bonds. The van der Waals surface area contributed by atoms with Crippen molar-refractivity contribution in [3.8, 4) is 0 Å². The second kappa shape index (κ2) is 6.81. The lowest BCUT2D eigenvalue weighted by Gasteiger charge is -2.23. The zero-order chi connectivity index (χ0) is 20.2. The molecule has 3 fully saturated rings. The molecule has 0 aliphatic carbocycles. The van der Waals surface area contributed by atoms with Gasteiger partial charge in [0.1, 0.15) is 6.04 Å². The molecule has 5 rings (SSSR count). The third-order valence-corrected chi connectivity index (χ3v) is 6.93. The lowest BCUT2D eigenvalue weighted by molar-refractivity contribution is -0.135. The van der Waals surface area contributed by atoms with Crippen molar-refractivity contribution >= 4 is 22.8 Å². The summed E-state index contributed by atoms with van der Waals surface area (Å²) in [6, 6.07) is 5.43. The van der Waals surface area contributed by atoms with E-state index in [-0.39, 0.29) is 18.0 Å². The Bertz CT molecular complexity index is 1050. The van der Waals surface area contributed by atoms with E-state index in [4.69, 9.17) is 0 Å². The minimum atomic E-state index is -0.636. The van der Waals surface area contributed by atoms with Crippen molar-refractivity contribution in [2.75, 3.05) is 26.2 Å². The molecule has 8 heteroatoms. The predicted molar refractivity (Wildman–Crippen MR) is 108 cm³/mol. The van der Waals surface area contributed by atoms with Crippen LogP contribution in [0.3, 0.4) is 0 Å². The first-order valence-electron chi connectivity index (χ1n) is 10.4. The van der Waals surface area contributed by atoms with E-state index in [0.717, 1.165) is 43.8 Å². The highest BCUT2D eigenvalue weighted by molar-refractivity contribution is 6.00. The molecule has 4 heterocycles. The number of hydrogen-bond donors (Lipinski definition) is 2. The molecular weight excluding hydrogens is 370 g/mol. The highest BCUT2D eigenvalue weighted by atomic mass is 16.2. The molecule has 0 saturated carbocycles. The Hall–Kier alpha value is -2.45. The van der Waals surface area contributed by atoms with Crippen LogP contribution in [0.1, 0.15) is 37.3 Å². The SMILES string of the molecule is Cn1c(=O)n(C2CCC(=O)NC2=O)c2ccc(CN3CC[C@@]4(CCNC4)C3)cc21. The number of carbonyl (C=O) groups is 2. The summed E-state index contributed by atoms with van der Waals surface area (Å²) in [5.74, 6) is -0.671. The molecule has 3 aliphatic rings. The monoisotopic (exact) mass is 397 g/mol. The van der Waals surface area contributed by atoms with Crippen LogP contribution in [0.15, 0.2) is 23.0 Å². The number of likely N-dealkylation sites (tertiary alicyclic amines) is 1. The predicted octanol–water partition coefficient (Wildman–Crippen LogP) is 0.503. The van der Waals surface area contributed by atoms with E-state index in [2.05, 4.69) is 27.7 Å². The lowest BCUT2D eigenvalue weighted by Crippen LogP contribution is -2.44. The Morgan fingerprint density at radius 3 is 2.79 bits per heavy atom. The first kappa shape index (κ1) is 18.6. The highest BCUT2D eigenvalue weighted by Crippen LogP contribution is 2.36. The van der Waals surface area contributed by atoms with Gasteiger partial charge in [-0.15, -0.1) is 0 Å². The van der Waals surface area contributed by atoms with Crippen LogP contribution in [0.25, 0.3) is 11.0 Å². The van der Waals surface area contributed by atoms with E-state index < -0.39 is 11.9 Å². The molecule has 1 aromatic carbocycles. The van der Waals surface area contributed by atoms with Crippen LogP contribution < -0.4 is 16.3 Å². The van der Waals surface area contributed by atoms with Crippen LogP contribution in [0.4, 0.5) is 0 Å². The van der Waals surface area contributed by atoms with E-state index >= 15 is 0 Å². The number of benzene rings is 1. The molecule has 3 aliphatic heterocycles. The quantitative estimate of drug-likeness (QED) is 0.737. The van der Waals surface area contributed by atoms with Crippen molar-refractivity contribution in [2.45, 2.75) is 38.3 Å². The largest absolute Gasteiger partial charge is 0.329 e. The van der Waals surface area contributed by atoms with Gasteiger partial charge < -0.3 is 5.32 Å². The molecule has 1 spiro atoms. The number of amides is 2. The highest BCUT2D eigenvalue weighted by Gasteiger charge is 2.40. The number of fused-ring (bicyclic) bond motifs is 1. The summed E-state index contributed by atoms with van der Waals surface area (Å²) in [7, 11) is 1.74. The van der Waals surface area contributed by atoms with Gasteiger partial charge in [-0.25, -0.2) is 4.79 Å². The average molecular weight is 397 g/mol. The smallest absolute Gasteiger partial charge is 0.316 e. The first-order valence-corrected chi connectivity index (χ1v) is 10.4. The Labute approximate surface area is 168 Å². The van der Waals surface area contributed by atoms with Gasteiger partial charge in [0.2, 0.25) is 11.8 Å². The van der Waals surface area contributed by atoms with Crippen LogP contribution in [-0.2, 0) is 23.2 Å². The van der Waals surface area contributed by atoms with Crippen molar-refractivity contribution in [1.82, 2.24) is 24.7 Å². The number of aryl methyl sites for hydroxylation is 1. The molecule has 2 atom stereocenters. The van der Waals surface area contributed by atoms with Gasteiger partial charge in [-0.05, 0) is 55.5 Å². The Morgan fingerprint density at radius 1 is 1.17 bits per heavy atom. The number of aromatic nitrogens is 2. The molecule has 0 bridgehead atoms. The Morgan fingerprint density at radius 2 is 2.03 bits per heavy atom. The van der Waals surface area contributed by atoms with Crippen LogP contribution in [0.2, 0.25) is 0 Å². The van der Waals surface area contributed by atoms with E-state index in [1.807, 2.05) is 6.07 Å². The number of nitrogens with zero attached hydrogens (tertiary/aromatic N) is 3. The first-order chi connectivity index (χ1) is 14.0. The number of carbonyl (C=O) groups excluding carboxylic acids is 2. The maximum atomic E-state index is 12.9. The number of piperidine rings is 1. The molecule has 2 N–H and O–H groups in total. The molecule has 2 aromatic rings. The maximum absolute atomic E-state index is 12.9. The van der Waals surface area contributed by atoms with Crippen molar-refractivity contribution in [1.29, 1.82) is 0 Å². The number of imidazole rings is 1. The zero-order valence-electron chi connectivity index (χ0n) is 16.7. The minimum absolute atomic E-state index is 0.219. The summed E-state index contributed by atoms with van der Waals surface area (Å²) in [5, 5.41) is 5.85. The number of imide groups is 1. The van der Waals surface area contributed by atoms with Crippen LogP contribution in [0, 0.1) is 5.41 Å². The van der Waals surface area contributed by atoms with E-state index in [1.165, 1.54) is 23.0 Å². The third kappa shape index (κ3) is 3.11. The number of nitrogens with one attached hydrogen (secondary N) is 2. The molecule has 8 nitrogen and oxygen atoms in total. The van der Waals surface area contributed by atoms with Gasteiger partial charge in [0, 0.05) is 33.1 Å². The van der Waals surface area contributed by atoms with E-state index in [0.29, 0.717) is 11.8 Å². The molecule has 29 heavy (non-hydrogen) atoms. The van der Waals surface area contributed by atoms with Gasteiger partial charge in [-0.1, -0.05) is 6.07 Å². The Balaban J connectivity index is 1.43.